The van der Waals surface area contributed by atoms with Crippen LogP contribution in [0.1, 0.15) is 30.5 Å². The molecule has 1 atom stereocenters. The Morgan fingerprint density at radius 2 is 1.75 bits per heavy atom. The third-order valence-electron chi connectivity index (χ3n) is 6.52. The fourth-order valence-corrected chi connectivity index (χ4v) is 4.61. The van der Waals surface area contributed by atoms with Crippen LogP contribution in [0, 0.1) is 12.3 Å². The molecule has 0 spiro atoms. The molecule has 6 nitrogen and oxygen atoms in total. The van der Waals surface area contributed by atoms with Crippen molar-refractivity contribution < 1.29 is 9.59 Å². The molecule has 0 unspecified atom stereocenters. The maximum absolute atomic E-state index is 12.9. The first-order valence-electron chi connectivity index (χ1n) is 11.2. The normalized spacial score (nSPS) is 18.5. The molecular formula is C26H30N4O2. The van der Waals surface area contributed by atoms with Crippen molar-refractivity contribution in [3.05, 3.63) is 78.1 Å². The molecule has 2 heterocycles. The van der Waals surface area contributed by atoms with Crippen molar-refractivity contribution in [2.45, 2.75) is 39.2 Å². The SMILES string of the molecule is Cc1ccnn1CCC(=O)N1CCC[C@](Cc2ccc(-c3ccccc3)cc2)(C(N)=O)C1. The predicted molar refractivity (Wildman–Crippen MR) is 125 cm³/mol. The molecule has 0 aliphatic carbocycles. The third-order valence-corrected chi connectivity index (χ3v) is 6.52. The predicted octanol–water partition coefficient (Wildman–Crippen LogP) is 3.59. The first kappa shape index (κ1) is 21.8. The first-order valence-corrected chi connectivity index (χ1v) is 11.2. The number of nitrogens with two attached hydrogens (primary N) is 1. The van der Waals surface area contributed by atoms with Gasteiger partial charge in [0.25, 0.3) is 0 Å². The molecule has 3 aromatic rings. The number of carbonyl (C=O) groups excluding carboxylic acids is 2. The lowest BCUT2D eigenvalue weighted by atomic mass is 9.74. The van der Waals surface area contributed by atoms with Crippen molar-refractivity contribution in [1.82, 2.24) is 14.7 Å². The summed E-state index contributed by atoms with van der Waals surface area (Å²) in [5.74, 6) is -0.283. The van der Waals surface area contributed by atoms with Gasteiger partial charge in [0, 0.05) is 37.9 Å². The zero-order chi connectivity index (χ0) is 22.6. The smallest absolute Gasteiger partial charge is 0.225 e. The van der Waals surface area contributed by atoms with Gasteiger partial charge in [-0.25, -0.2) is 0 Å². The second-order valence-electron chi connectivity index (χ2n) is 8.75. The average Bonchev–Trinajstić information content (AvgIpc) is 3.23. The molecule has 1 fully saturated rings. The summed E-state index contributed by atoms with van der Waals surface area (Å²) in [6.45, 7) is 3.55. The third kappa shape index (κ3) is 4.74. The molecule has 0 bridgehead atoms. The molecule has 32 heavy (non-hydrogen) atoms. The minimum absolute atomic E-state index is 0.0460. The molecular weight excluding hydrogens is 400 g/mol. The van der Waals surface area contributed by atoms with E-state index >= 15 is 0 Å². The van der Waals surface area contributed by atoms with Crippen molar-refractivity contribution in [1.29, 1.82) is 0 Å². The number of aromatic nitrogens is 2. The van der Waals surface area contributed by atoms with Crippen LogP contribution in [-0.4, -0.2) is 39.6 Å². The number of nitrogens with zero attached hydrogens (tertiary/aromatic N) is 3. The van der Waals surface area contributed by atoms with Crippen LogP contribution in [0.3, 0.4) is 0 Å². The van der Waals surface area contributed by atoms with Gasteiger partial charge in [-0.15, -0.1) is 0 Å². The van der Waals surface area contributed by atoms with E-state index in [-0.39, 0.29) is 11.8 Å². The zero-order valence-electron chi connectivity index (χ0n) is 18.5. The monoisotopic (exact) mass is 430 g/mol. The Labute approximate surface area is 189 Å². The molecule has 4 rings (SSSR count). The average molecular weight is 431 g/mol. The van der Waals surface area contributed by atoms with Crippen LogP contribution >= 0.6 is 0 Å². The summed E-state index contributed by atoms with van der Waals surface area (Å²) in [7, 11) is 0. The van der Waals surface area contributed by atoms with Crippen molar-refractivity contribution in [3.63, 3.8) is 0 Å². The largest absolute Gasteiger partial charge is 0.369 e. The zero-order valence-corrected chi connectivity index (χ0v) is 18.5. The van der Waals surface area contributed by atoms with Gasteiger partial charge in [-0.1, -0.05) is 54.6 Å². The van der Waals surface area contributed by atoms with Gasteiger partial charge < -0.3 is 10.6 Å². The molecule has 1 aliphatic heterocycles. The Morgan fingerprint density at radius 3 is 2.41 bits per heavy atom. The van der Waals surface area contributed by atoms with Crippen LogP contribution in [0.15, 0.2) is 66.9 Å². The maximum atomic E-state index is 12.9. The fraction of sp³-hybridized carbons (Fsp3) is 0.346. The van der Waals surface area contributed by atoms with Crippen LogP contribution in [0.25, 0.3) is 11.1 Å². The minimum atomic E-state index is -0.732. The van der Waals surface area contributed by atoms with E-state index in [9.17, 15) is 9.59 Å². The number of primary amides is 1. The Kier molecular flexibility index (Phi) is 6.40. The summed E-state index contributed by atoms with van der Waals surface area (Å²) in [6.07, 6.45) is 4.12. The van der Waals surface area contributed by atoms with Gasteiger partial charge in [0.2, 0.25) is 11.8 Å². The Morgan fingerprint density at radius 1 is 1.03 bits per heavy atom. The molecule has 0 saturated carbocycles. The summed E-state index contributed by atoms with van der Waals surface area (Å²) in [5.41, 5.74) is 9.56. The van der Waals surface area contributed by atoms with Gasteiger partial charge in [0.1, 0.15) is 0 Å². The number of amides is 2. The quantitative estimate of drug-likeness (QED) is 0.622. The Bertz CT molecular complexity index is 1070. The molecule has 0 radical (unpaired) electrons. The van der Waals surface area contributed by atoms with E-state index in [0.717, 1.165) is 28.8 Å². The number of piperidine rings is 1. The number of hydrogen-bond donors (Lipinski definition) is 1. The molecule has 2 amide bonds. The van der Waals surface area contributed by atoms with E-state index in [1.54, 1.807) is 6.20 Å². The standard InChI is InChI=1S/C26H30N4O2/c1-20-12-15-28-30(20)17-13-24(31)29-16-5-14-26(19-29,25(27)32)18-21-8-10-23(11-9-21)22-6-3-2-4-7-22/h2-4,6-12,15H,5,13-14,16-19H2,1H3,(H2,27,32)/t26-/m1/s1. The fourth-order valence-electron chi connectivity index (χ4n) is 4.61. The second kappa shape index (κ2) is 9.39. The van der Waals surface area contributed by atoms with Gasteiger partial charge in [0.05, 0.1) is 5.41 Å². The van der Waals surface area contributed by atoms with Gasteiger partial charge >= 0.3 is 0 Å². The van der Waals surface area contributed by atoms with Gasteiger partial charge in [-0.05, 0) is 48.9 Å². The van der Waals surface area contributed by atoms with Crippen LogP contribution in [0.5, 0.6) is 0 Å². The summed E-state index contributed by atoms with van der Waals surface area (Å²) in [6, 6.07) is 20.4. The van der Waals surface area contributed by atoms with Gasteiger partial charge in [-0.3, -0.25) is 14.3 Å². The topological polar surface area (TPSA) is 81.2 Å². The van der Waals surface area contributed by atoms with E-state index in [1.165, 1.54) is 0 Å². The van der Waals surface area contributed by atoms with E-state index in [0.29, 0.717) is 38.9 Å². The van der Waals surface area contributed by atoms with Gasteiger partial charge in [0.15, 0.2) is 0 Å². The number of benzene rings is 2. The van der Waals surface area contributed by atoms with E-state index in [2.05, 4.69) is 41.5 Å². The molecule has 1 aliphatic rings. The van der Waals surface area contributed by atoms with Crippen molar-refractivity contribution in [2.24, 2.45) is 11.1 Å². The highest BCUT2D eigenvalue weighted by Gasteiger charge is 2.42. The summed E-state index contributed by atoms with van der Waals surface area (Å²) in [5, 5.41) is 4.25. The highest BCUT2D eigenvalue weighted by Crippen LogP contribution is 2.34. The van der Waals surface area contributed by atoms with E-state index < -0.39 is 5.41 Å². The van der Waals surface area contributed by atoms with Gasteiger partial charge in [-0.2, -0.15) is 5.10 Å². The van der Waals surface area contributed by atoms with E-state index in [1.807, 2.05) is 40.8 Å². The van der Waals surface area contributed by atoms with Crippen LogP contribution in [-0.2, 0) is 22.6 Å². The Balaban J connectivity index is 1.45. The number of hydrogen-bond acceptors (Lipinski definition) is 3. The summed E-state index contributed by atoms with van der Waals surface area (Å²) in [4.78, 5) is 27.3. The summed E-state index contributed by atoms with van der Waals surface area (Å²) < 4.78 is 1.83. The minimum Gasteiger partial charge on any atom is -0.369 e. The van der Waals surface area contributed by atoms with Crippen LogP contribution < -0.4 is 5.73 Å². The highest BCUT2D eigenvalue weighted by molar-refractivity contribution is 5.83. The molecule has 1 saturated heterocycles. The lowest BCUT2D eigenvalue weighted by molar-refractivity contribution is -0.140. The number of carbonyl (C=O) groups is 2. The van der Waals surface area contributed by atoms with Crippen LogP contribution in [0.4, 0.5) is 0 Å². The molecule has 166 valence electrons. The van der Waals surface area contributed by atoms with Crippen molar-refractivity contribution in [2.75, 3.05) is 13.1 Å². The second-order valence-corrected chi connectivity index (χ2v) is 8.75. The lowest BCUT2D eigenvalue weighted by Gasteiger charge is -2.41. The molecule has 6 heteroatoms. The molecule has 2 N–H and O–H groups in total. The Hall–Kier alpha value is -3.41. The maximum Gasteiger partial charge on any atom is 0.225 e. The van der Waals surface area contributed by atoms with E-state index in [4.69, 9.17) is 5.73 Å². The number of rotatable bonds is 7. The summed E-state index contributed by atoms with van der Waals surface area (Å²) >= 11 is 0. The highest BCUT2D eigenvalue weighted by atomic mass is 16.2. The molecule has 1 aromatic heterocycles. The number of likely N-dealkylation sites (tertiary alicyclic amines) is 1. The molecule has 2 aromatic carbocycles. The van der Waals surface area contributed by atoms with Crippen molar-refractivity contribution >= 4 is 11.8 Å². The van der Waals surface area contributed by atoms with Crippen LogP contribution in [0.2, 0.25) is 0 Å². The first-order chi connectivity index (χ1) is 15.5. The lowest BCUT2D eigenvalue weighted by Crippen LogP contribution is -2.53. The van der Waals surface area contributed by atoms with Crippen molar-refractivity contribution in [3.8, 4) is 11.1 Å². The number of aryl methyl sites for hydroxylation is 2.